The number of hydrogen-bond acceptors (Lipinski definition) is 5. The lowest BCUT2D eigenvalue weighted by molar-refractivity contribution is -0.120. The normalized spacial score (nSPS) is 10.4. The van der Waals surface area contributed by atoms with Crippen LogP contribution in [0.5, 0.6) is 5.75 Å². The predicted octanol–water partition coefficient (Wildman–Crippen LogP) is 2.21. The van der Waals surface area contributed by atoms with E-state index in [9.17, 15) is 9.59 Å². The van der Waals surface area contributed by atoms with Crippen LogP contribution in [0.2, 0.25) is 0 Å². The van der Waals surface area contributed by atoms with Crippen molar-refractivity contribution in [2.24, 2.45) is 0 Å². The Morgan fingerprint density at radius 3 is 2.76 bits per heavy atom. The molecule has 2 amide bonds. The summed E-state index contributed by atoms with van der Waals surface area (Å²) in [5.74, 6) is 0.290. The molecule has 3 rings (SSSR count). The molecule has 0 aliphatic heterocycles. The molecular weight excluding hydrogens is 370 g/mol. The third-order valence-corrected chi connectivity index (χ3v) is 4.33. The van der Waals surface area contributed by atoms with Crippen LogP contribution in [-0.2, 0) is 17.8 Å². The quantitative estimate of drug-likeness (QED) is 0.611. The van der Waals surface area contributed by atoms with Gasteiger partial charge >= 0.3 is 0 Å². The first-order valence-corrected chi connectivity index (χ1v) is 9.22. The van der Waals surface area contributed by atoms with Crippen LogP contribution in [0.15, 0.2) is 54.7 Å². The van der Waals surface area contributed by atoms with E-state index in [1.54, 1.807) is 13.3 Å². The van der Waals surface area contributed by atoms with Crippen LogP contribution >= 0.6 is 0 Å². The molecule has 3 aromatic rings. The Balaban J connectivity index is 1.47. The number of nitrogens with zero attached hydrogens (tertiary/aromatic N) is 3. The van der Waals surface area contributed by atoms with E-state index in [0.717, 1.165) is 22.6 Å². The Kier molecular flexibility index (Phi) is 6.57. The maximum Gasteiger partial charge on any atom is 0.277 e. The van der Waals surface area contributed by atoms with Gasteiger partial charge in [-0.15, -0.1) is 5.10 Å². The first-order valence-electron chi connectivity index (χ1n) is 9.22. The number of carbonyl (C=O) groups is 2. The molecule has 0 aliphatic carbocycles. The smallest absolute Gasteiger partial charge is 0.277 e. The standard InChI is InChI=1S/C21H23N5O3/c1-15-6-3-4-9-18(15)23-21(28)19-14-26(25-24-19)11-10-22-20(27)13-16-7-5-8-17(12-16)29-2/h3-9,12,14H,10-11,13H2,1-2H3,(H,22,27)(H,23,28). The number of ether oxygens (including phenoxy) is 1. The highest BCUT2D eigenvalue weighted by Gasteiger charge is 2.12. The summed E-state index contributed by atoms with van der Waals surface area (Å²) in [7, 11) is 1.59. The molecule has 0 atom stereocenters. The summed E-state index contributed by atoms with van der Waals surface area (Å²) in [5, 5.41) is 13.5. The van der Waals surface area contributed by atoms with E-state index in [0.29, 0.717) is 13.1 Å². The fourth-order valence-electron chi connectivity index (χ4n) is 2.75. The zero-order valence-corrected chi connectivity index (χ0v) is 16.4. The largest absolute Gasteiger partial charge is 0.497 e. The summed E-state index contributed by atoms with van der Waals surface area (Å²) >= 11 is 0. The zero-order chi connectivity index (χ0) is 20.6. The van der Waals surface area contributed by atoms with Crippen molar-refractivity contribution in [2.75, 3.05) is 19.0 Å². The number of hydrogen-bond donors (Lipinski definition) is 2. The average molecular weight is 393 g/mol. The lowest BCUT2D eigenvalue weighted by atomic mass is 10.1. The number of methoxy groups -OCH3 is 1. The van der Waals surface area contributed by atoms with Crippen LogP contribution in [-0.4, -0.2) is 40.5 Å². The number of anilines is 1. The third-order valence-electron chi connectivity index (χ3n) is 4.33. The summed E-state index contributed by atoms with van der Waals surface area (Å²) in [5.41, 5.74) is 2.79. The van der Waals surface area contributed by atoms with E-state index in [1.165, 1.54) is 4.68 Å². The highest BCUT2D eigenvalue weighted by molar-refractivity contribution is 6.03. The van der Waals surface area contributed by atoms with Crippen LogP contribution in [0.1, 0.15) is 21.6 Å². The summed E-state index contributed by atoms with van der Waals surface area (Å²) in [6.45, 7) is 2.71. The second kappa shape index (κ2) is 9.50. The van der Waals surface area contributed by atoms with E-state index in [-0.39, 0.29) is 23.9 Å². The van der Waals surface area contributed by atoms with E-state index < -0.39 is 0 Å². The van der Waals surface area contributed by atoms with E-state index in [1.807, 2.05) is 55.5 Å². The molecule has 0 unspecified atom stereocenters. The highest BCUT2D eigenvalue weighted by atomic mass is 16.5. The number of aryl methyl sites for hydroxylation is 1. The number of rotatable bonds is 8. The summed E-state index contributed by atoms with van der Waals surface area (Å²) in [4.78, 5) is 24.4. The van der Waals surface area contributed by atoms with Crippen LogP contribution in [0.4, 0.5) is 5.69 Å². The van der Waals surface area contributed by atoms with E-state index >= 15 is 0 Å². The number of carbonyl (C=O) groups excluding carboxylic acids is 2. The van der Waals surface area contributed by atoms with Gasteiger partial charge < -0.3 is 15.4 Å². The van der Waals surface area contributed by atoms with Gasteiger partial charge in [-0.25, -0.2) is 4.68 Å². The van der Waals surface area contributed by atoms with Crippen molar-refractivity contribution in [3.8, 4) is 5.75 Å². The lowest BCUT2D eigenvalue weighted by Crippen LogP contribution is -2.28. The van der Waals surface area contributed by atoms with Gasteiger partial charge in [0.05, 0.1) is 26.3 Å². The lowest BCUT2D eigenvalue weighted by Gasteiger charge is -2.07. The van der Waals surface area contributed by atoms with Crippen molar-refractivity contribution < 1.29 is 14.3 Å². The molecule has 2 N–H and O–H groups in total. The molecule has 0 bridgehead atoms. The van der Waals surface area contributed by atoms with Gasteiger partial charge in [0.15, 0.2) is 5.69 Å². The summed E-state index contributed by atoms with van der Waals surface area (Å²) < 4.78 is 6.68. The number of benzene rings is 2. The van der Waals surface area contributed by atoms with Gasteiger partial charge in [-0.3, -0.25) is 9.59 Å². The molecule has 0 saturated heterocycles. The third kappa shape index (κ3) is 5.65. The fourth-order valence-corrected chi connectivity index (χ4v) is 2.75. The molecule has 0 spiro atoms. The van der Waals surface area contributed by atoms with Crippen molar-refractivity contribution in [1.29, 1.82) is 0 Å². The number of aromatic nitrogens is 3. The summed E-state index contributed by atoms with van der Waals surface area (Å²) in [6.07, 6.45) is 1.82. The molecule has 0 saturated carbocycles. The summed E-state index contributed by atoms with van der Waals surface area (Å²) in [6, 6.07) is 14.9. The minimum Gasteiger partial charge on any atom is -0.497 e. The van der Waals surface area contributed by atoms with Crippen molar-refractivity contribution >= 4 is 17.5 Å². The maximum absolute atomic E-state index is 12.3. The monoisotopic (exact) mass is 393 g/mol. The van der Waals surface area contributed by atoms with Gasteiger partial charge in [-0.2, -0.15) is 0 Å². The SMILES string of the molecule is COc1cccc(CC(=O)NCCn2cc(C(=O)Nc3ccccc3C)nn2)c1. The molecule has 0 aliphatic rings. The average Bonchev–Trinajstić information content (AvgIpc) is 3.19. The highest BCUT2D eigenvalue weighted by Crippen LogP contribution is 2.14. The molecule has 1 aromatic heterocycles. The van der Waals surface area contributed by atoms with Gasteiger partial charge in [-0.1, -0.05) is 35.5 Å². The van der Waals surface area contributed by atoms with Crippen molar-refractivity contribution in [1.82, 2.24) is 20.3 Å². The van der Waals surface area contributed by atoms with Gasteiger partial charge in [0.2, 0.25) is 5.91 Å². The molecule has 0 radical (unpaired) electrons. The van der Waals surface area contributed by atoms with Crippen molar-refractivity contribution in [3.63, 3.8) is 0 Å². The Bertz CT molecular complexity index is 999. The molecule has 8 heteroatoms. The van der Waals surface area contributed by atoms with Crippen molar-refractivity contribution in [2.45, 2.75) is 19.9 Å². The number of amides is 2. The topological polar surface area (TPSA) is 98.1 Å². The van der Waals surface area contributed by atoms with Crippen LogP contribution in [0.25, 0.3) is 0 Å². The second-order valence-corrected chi connectivity index (χ2v) is 6.51. The Labute approximate surface area is 168 Å². The maximum atomic E-state index is 12.3. The van der Waals surface area contributed by atoms with Crippen molar-refractivity contribution in [3.05, 3.63) is 71.5 Å². The molecule has 1 heterocycles. The minimum atomic E-state index is -0.326. The minimum absolute atomic E-state index is 0.101. The van der Waals surface area contributed by atoms with E-state index in [2.05, 4.69) is 20.9 Å². The van der Waals surface area contributed by atoms with Crippen LogP contribution in [0.3, 0.4) is 0 Å². The van der Waals surface area contributed by atoms with Gasteiger partial charge in [0.1, 0.15) is 5.75 Å². The Morgan fingerprint density at radius 1 is 1.14 bits per heavy atom. The van der Waals surface area contributed by atoms with Crippen LogP contribution < -0.4 is 15.4 Å². The van der Waals surface area contributed by atoms with Gasteiger partial charge in [0.25, 0.3) is 5.91 Å². The van der Waals surface area contributed by atoms with Gasteiger partial charge in [0, 0.05) is 12.2 Å². The van der Waals surface area contributed by atoms with Gasteiger partial charge in [-0.05, 0) is 36.2 Å². The molecule has 0 fully saturated rings. The fraction of sp³-hybridized carbons (Fsp3) is 0.238. The molecule has 8 nitrogen and oxygen atoms in total. The number of para-hydroxylation sites is 1. The van der Waals surface area contributed by atoms with E-state index in [4.69, 9.17) is 4.74 Å². The number of nitrogens with one attached hydrogen (secondary N) is 2. The predicted molar refractivity (Wildman–Crippen MR) is 109 cm³/mol. The second-order valence-electron chi connectivity index (χ2n) is 6.51. The molecule has 29 heavy (non-hydrogen) atoms. The Morgan fingerprint density at radius 2 is 1.97 bits per heavy atom. The first-order chi connectivity index (χ1) is 14.0. The zero-order valence-electron chi connectivity index (χ0n) is 16.4. The van der Waals surface area contributed by atoms with Crippen LogP contribution in [0, 0.1) is 6.92 Å². The Hall–Kier alpha value is -3.68. The molecule has 150 valence electrons. The molecule has 2 aromatic carbocycles. The molecular formula is C21H23N5O3. The first kappa shape index (κ1) is 20.1.